The number of carbonyl (C=O) groups excluding carboxylic acids is 4. The maximum Gasteiger partial charge on any atom is 0.291 e. The summed E-state index contributed by atoms with van der Waals surface area (Å²) in [5, 5.41) is 10.6. The maximum absolute atomic E-state index is 12.6. The first-order valence-electron chi connectivity index (χ1n) is 9.44. The van der Waals surface area contributed by atoms with Crippen molar-refractivity contribution in [3.8, 4) is 0 Å². The topological polar surface area (TPSA) is 130 Å². The van der Waals surface area contributed by atoms with Crippen LogP contribution in [0.3, 0.4) is 0 Å². The van der Waals surface area contributed by atoms with E-state index in [1.165, 1.54) is 24.5 Å². The zero-order valence-electron chi connectivity index (χ0n) is 16.2. The van der Waals surface area contributed by atoms with Gasteiger partial charge in [0.15, 0.2) is 5.76 Å². The molecule has 0 fully saturated rings. The molecule has 9 heteroatoms. The molecule has 4 amide bonds. The van der Waals surface area contributed by atoms with Gasteiger partial charge in [-0.1, -0.05) is 12.1 Å². The molecule has 2 aromatic carbocycles. The molecule has 0 unspecified atom stereocenters. The van der Waals surface area contributed by atoms with Gasteiger partial charge in [0.1, 0.15) is 0 Å². The van der Waals surface area contributed by atoms with Gasteiger partial charge >= 0.3 is 0 Å². The van der Waals surface area contributed by atoms with Crippen LogP contribution in [0.15, 0.2) is 65.3 Å². The summed E-state index contributed by atoms with van der Waals surface area (Å²) in [6.45, 7) is 0.0923. The number of nitrogens with one attached hydrogen (secondary N) is 4. The molecule has 31 heavy (non-hydrogen) atoms. The Kier molecular flexibility index (Phi) is 5.48. The second-order valence-corrected chi connectivity index (χ2v) is 6.81. The van der Waals surface area contributed by atoms with E-state index in [0.29, 0.717) is 16.8 Å². The minimum Gasteiger partial charge on any atom is -0.459 e. The lowest BCUT2D eigenvalue weighted by Crippen LogP contribution is -2.28. The Morgan fingerprint density at radius 3 is 2.68 bits per heavy atom. The molecule has 4 N–H and O–H groups in total. The van der Waals surface area contributed by atoms with Crippen molar-refractivity contribution in [2.75, 3.05) is 17.2 Å². The zero-order chi connectivity index (χ0) is 21.8. The number of hydrogen-bond donors (Lipinski definition) is 4. The summed E-state index contributed by atoms with van der Waals surface area (Å²) in [5.41, 5.74) is 2.22. The molecule has 4 rings (SSSR count). The van der Waals surface area contributed by atoms with Gasteiger partial charge in [-0.25, -0.2) is 0 Å². The van der Waals surface area contributed by atoms with Gasteiger partial charge in [0, 0.05) is 17.8 Å². The molecular formula is C22H18N4O5. The van der Waals surface area contributed by atoms with Crippen molar-refractivity contribution < 1.29 is 23.6 Å². The van der Waals surface area contributed by atoms with E-state index >= 15 is 0 Å². The largest absolute Gasteiger partial charge is 0.459 e. The second kappa shape index (κ2) is 8.54. The summed E-state index contributed by atoms with van der Waals surface area (Å²) >= 11 is 0. The molecule has 0 bridgehead atoms. The first-order valence-corrected chi connectivity index (χ1v) is 9.44. The first-order chi connectivity index (χ1) is 15.0. The minimum absolute atomic E-state index is 0.123. The second-order valence-electron chi connectivity index (χ2n) is 6.81. The van der Waals surface area contributed by atoms with Gasteiger partial charge < -0.3 is 25.7 Å². The molecule has 1 aromatic heterocycles. The van der Waals surface area contributed by atoms with Crippen molar-refractivity contribution in [3.63, 3.8) is 0 Å². The Hall–Kier alpha value is -4.40. The fourth-order valence-corrected chi connectivity index (χ4v) is 3.08. The van der Waals surface area contributed by atoms with Crippen molar-refractivity contribution in [1.82, 2.24) is 10.6 Å². The predicted octanol–water partition coefficient (Wildman–Crippen LogP) is 2.14. The Bertz CT molecular complexity index is 1170. The molecule has 9 nitrogen and oxygen atoms in total. The summed E-state index contributed by atoms with van der Waals surface area (Å²) in [6, 6.07) is 14.7. The smallest absolute Gasteiger partial charge is 0.291 e. The lowest BCUT2D eigenvalue weighted by Gasteiger charge is -2.10. The number of benzene rings is 2. The van der Waals surface area contributed by atoms with Gasteiger partial charge in [0.25, 0.3) is 17.7 Å². The Labute approximate surface area is 176 Å². The summed E-state index contributed by atoms with van der Waals surface area (Å²) < 4.78 is 5.07. The predicted molar refractivity (Wildman–Crippen MR) is 112 cm³/mol. The molecule has 0 saturated heterocycles. The molecule has 0 saturated carbocycles. The third-order valence-electron chi connectivity index (χ3n) is 4.59. The van der Waals surface area contributed by atoms with Gasteiger partial charge in [-0.2, -0.15) is 0 Å². The van der Waals surface area contributed by atoms with Crippen LogP contribution in [0.2, 0.25) is 0 Å². The summed E-state index contributed by atoms with van der Waals surface area (Å²) in [7, 11) is 0. The molecule has 1 aliphatic heterocycles. The third-order valence-corrected chi connectivity index (χ3v) is 4.59. The molecule has 0 aliphatic carbocycles. The molecule has 0 radical (unpaired) electrons. The van der Waals surface area contributed by atoms with Gasteiger partial charge in [0.2, 0.25) is 5.91 Å². The highest BCUT2D eigenvalue weighted by atomic mass is 16.3. The molecule has 0 atom stereocenters. The van der Waals surface area contributed by atoms with Crippen LogP contribution >= 0.6 is 0 Å². The number of hydrogen-bond acceptors (Lipinski definition) is 5. The van der Waals surface area contributed by atoms with Gasteiger partial charge in [-0.3, -0.25) is 19.2 Å². The SMILES string of the molecule is O=C1CNC(=O)c2ccc(C(=O)NCc3cccc(NC(=O)c4ccco4)c3)cc2N1. The maximum atomic E-state index is 12.6. The van der Waals surface area contributed by atoms with E-state index in [0.717, 1.165) is 5.56 Å². The Balaban J connectivity index is 1.42. The van der Waals surface area contributed by atoms with Crippen LogP contribution in [-0.4, -0.2) is 30.2 Å². The van der Waals surface area contributed by atoms with Crippen LogP contribution in [0.4, 0.5) is 11.4 Å². The first kappa shape index (κ1) is 19.9. The molecular weight excluding hydrogens is 400 g/mol. The zero-order valence-corrected chi connectivity index (χ0v) is 16.2. The van der Waals surface area contributed by atoms with E-state index in [2.05, 4.69) is 21.3 Å². The van der Waals surface area contributed by atoms with Crippen LogP contribution in [-0.2, 0) is 11.3 Å². The highest BCUT2D eigenvalue weighted by Gasteiger charge is 2.20. The number of carbonyl (C=O) groups is 4. The van der Waals surface area contributed by atoms with Crippen molar-refractivity contribution in [1.29, 1.82) is 0 Å². The number of amides is 4. The molecule has 3 aromatic rings. The monoisotopic (exact) mass is 418 g/mol. The summed E-state index contributed by atoms with van der Waals surface area (Å²) in [6.07, 6.45) is 1.42. The molecule has 1 aliphatic rings. The fraction of sp³-hybridized carbons (Fsp3) is 0.0909. The molecule has 0 spiro atoms. The Morgan fingerprint density at radius 1 is 1.00 bits per heavy atom. The quantitative estimate of drug-likeness (QED) is 0.505. The standard InChI is InChI=1S/C22H18N4O5/c27-19-12-24-21(29)16-7-6-14(10-17(16)26-19)20(28)23-11-13-3-1-4-15(9-13)25-22(30)18-5-2-8-31-18/h1-10H,11-12H2,(H,23,28)(H,24,29)(H,25,30)(H,26,27). The van der Waals surface area contributed by atoms with Crippen LogP contribution in [0.25, 0.3) is 0 Å². The van der Waals surface area contributed by atoms with Crippen LogP contribution in [0.1, 0.15) is 36.8 Å². The normalized spacial score (nSPS) is 12.8. The molecule has 156 valence electrons. The van der Waals surface area contributed by atoms with E-state index in [1.807, 2.05) is 6.07 Å². The van der Waals surface area contributed by atoms with Crippen molar-refractivity contribution in [2.45, 2.75) is 6.54 Å². The minimum atomic E-state index is -0.381. The third kappa shape index (κ3) is 4.61. The van der Waals surface area contributed by atoms with Crippen molar-refractivity contribution in [2.24, 2.45) is 0 Å². The van der Waals surface area contributed by atoms with Gasteiger partial charge in [-0.05, 0) is 48.0 Å². The summed E-state index contributed by atoms with van der Waals surface area (Å²) in [4.78, 5) is 48.3. The van der Waals surface area contributed by atoms with Crippen LogP contribution < -0.4 is 21.3 Å². The number of fused-ring (bicyclic) bond motifs is 1. The number of anilines is 2. The average molecular weight is 418 g/mol. The van der Waals surface area contributed by atoms with Crippen molar-refractivity contribution in [3.05, 3.63) is 83.3 Å². The lowest BCUT2D eigenvalue weighted by atomic mass is 10.1. The summed E-state index contributed by atoms with van der Waals surface area (Å²) in [5.74, 6) is -1.29. The van der Waals surface area contributed by atoms with Crippen LogP contribution in [0.5, 0.6) is 0 Å². The van der Waals surface area contributed by atoms with Gasteiger partial charge in [0.05, 0.1) is 24.1 Å². The fourth-order valence-electron chi connectivity index (χ4n) is 3.08. The van der Waals surface area contributed by atoms with Gasteiger partial charge in [-0.15, -0.1) is 0 Å². The highest BCUT2D eigenvalue weighted by molar-refractivity contribution is 6.10. The van der Waals surface area contributed by atoms with E-state index in [9.17, 15) is 19.2 Å². The Morgan fingerprint density at radius 2 is 1.87 bits per heavy atom. The van der Waals surface area contributed by atoms with Crippen LogP contribution in [0, 0.1) is 0 Å². The average Bonchev–Trinajstić information content (AvgIpc) is 3.27. The van der Waals surface area contributed by atoms with E-state index < -0.39 is 0 Å². The molecule has 2 heterocycles. The van der Waals surface area contributed by atoms with E-state index in [1.54, 1.807) is 30.3 Å². The van der Waals surface area contributed by atoms with E-state index in [-0.39, 0.29) is 48.2 Å². The van der Waals surface area contributed by atoms with E-state index in [4.69, 9.17) is 4.42 Å². The number of furan rings is 1. The van der Waals surface area contributed by atoms with Crippen molar-refractivity contribution >= 4 is 35.0 Å². The number of rotatable bonds is 5. The highest BCUT2D eigenvalue weighted by Crippen LogP contribution is 2.20. The lowest BCUT2D eigenvalue weighted by molar-refractivity contribution is -0.115.